The van der Waals surface area contributed by atoms with E-state index >= 15 is 0 Å². The van der Waals surface area contributed by atoms with E-state index in [0.29, 0.717) is 13.2 Å². The van der Waals surface area contributed by atoms with Gasteiger partial charge in [0.1, 0.15) is 11.5 Å². The van der Waals surface area contributed by atoms with E-state index in [9.17, 15) is 0 Å². The van der Waals surface area contributed by atoms with Crippen molar-refractivity contribution < 1.29 is 43.3 Å². The van der Waals surface area contributed by atoms with Gasteiger partial charge >= 0.3 is 0 Å². The second-order valence-corrected chi connectivity index (χ2v) is 6.48. The monoisotopic (exact) mass is 478 g/mol. The van der Waals surface area contributed by atoms with Crippen LogP contribution in [0.5, 0.6) is 0 Å². The van der Waals surface area contributed by atoms with Gasteiger partial charge in [-0.25, -0.2) is 0 Å². The minimum Gasteiger partial charge on any atom is -0.455 e. The van der Waals surface area contributed by atoms with E-state index in [-0.39, 0.29) is 34.1 Å². The molecule has 4 heteroatoms. The summed E-state index contributed by atoms with van der Waals surface area (Å²) in [6.07, 6.45) is 36.4. The van der Waals surface area contributed by atoms with E-state index in [1.54, 1.807) is 0 Å². The summed E-state index contributed by atoms with van der Waals surface area (Å²) in [5.41, 5.74) is 4.68. The number of rotatable bonds is 2. The Morgan fingerprint density at radius 3 is 1.23 bits per heavy atom. The Bertz CT molecular complexity index is 855. The van der Waals surface area contributed by atoms with E-state index in [1.807, 2.05) is 86.4 Å². The molecule has 5 aliphatic rings. The van der Waals surface area contributed by atoms with Crippen LogP contribution in [0, 0.1) is 25.7 Å². The maximum absolute atomic E-state index is 6.10. The first-order chi connectivity index (χ1) is 13.9. The summed E-state index contributed by atoms with van der Waals surface area (Å²) >= 11 is 0. The molecular weight excluding hydrogens is 456 g/mol. The van der Waals surface area contributed by atoms with Gasteiger partial charge in [-0.1, -0.05) is 85.1 Å². The molecule has 1 aromatic heterocycles. The first-order valence-corrected chi connectivity index (χ1v) is 9.43. The molecule has 0 saturated heterocycles. The van der Waals surface area contributed by atoms with E-state index in [1.165, 1.54) is 11.1 Å². The topological polar surface area (TPSA) is 22.4 Å². The molecule has 6 rings (SSSR count). The summed E-state index contributed by atoms with van der Waals surface area (Å²) in [6, 6.07) is 0. The first kappa shape index (κ1) is 24.5. The number of allylic oxidation sites excluding steroid dienone is 16. The van der Waals surface area contributed by atoms with Crippen LogP contribution < -0.4 is 0 Å². The van der Waals surface area contributed by atoms with E-state index in [0.717, 1.165) is 22.7 Å². The van der Waals surface area contributed by atoms with Crippen molar-refractivity contribution in [3.63, 3.8) is 0 Å². The number of hydrogen-bond acceptors (Lipinski definition) is 2. The third-order valence-electron chi connectivity index (χ3n) is 4.57. The Hall–Kier alpha value is -1.80. The van der Waals surface area contributed by atoms with Crippen LogP contribution >= 0.6 is 0 Å². The van der Waals surface area contributed by atoms with Crippen molar-refractivity contribution in [3.8, 4) is 0 Å². The second kappa shape index (κ2) is 12.8. The molecule has 30 heavy (non-hydrogen) atoms. The summed E-state index contributed by atoms with van der Waals surface area (Å²) in [4.78, 5) is 0. The summed E-state index contributed by atoms with van der Waals surface area (Å²) < 4.78 is 11.7. The third kappa shape index (κ3) is 6.11. The fraction of sp³-hybridized carbons (Fsp3) is 0.0769. The molecule has 0 unspecified atom stereocenters. The molecule has 0 bridgehead atoms. The molecule has 0 fully saturated rings. The maximum Gasteiger partial charge on any atom is 0.140 e. The second-order valence-electron chi connectivity index (χ2n) is 6.48. The molecule has 4 aliphatic carbocycles. The van der Waals surface area contributed by atoms with Crippen molar-refractivity contribution >= 4 is 11.1 Å². The number of ether oxygens (including phenoxy) is 1. The fourth-order valence-electron chi connectivity index (χ4n) is 3.22. The summed E-state index contributed by atoms with van der Waals surface area (Å²) in [6.45, 7) is 1.31. The molecule has 154 valence electrons. The predicted molar refractivity (Wildman–Crippen MR) is 115 cm³/mol. The first-order valence-electron chi connectivity index (χ1n) is 9.43. The maximum atomic E-state index is 6.10. The van der Waals surface area contributed by atoms with Gasteiger partial charge in [-0.15, -0.1) is 0 Å². The minimum absolute atomic E-state index is 0. The molecule has 2 nitrogen and oxygen atoms in total. The Labute approximate surface area is 200 Å². The van der Waals surface area contributed by atoms with Gasteiger partial charge in [0.15, 0.2) is 0 Å². The van der Waals surface area contributed by atoms with Crippen LogP contribution in [0.15, 0.2) is 89.5 Å². The predicted octanol–water partition coefficient (Wildman–Crippen LogP) is 6.25. The zero-order valence-electron chi connectivity index (χ0n) is 16.3. The van der Waals surface area contributed by atoms with Crippen LogP contribution in [-0.4, -0.2) is 0 Å². The van der Waals surface area contributed by atoms with Gasteiger partial charge in [0.25, 0.3) is 0 Å². The van der Waals surface area contributed by atoms with Crippen molar-refractivity contribution in [1.82, 2.24) is 0 Å². The average molecular weight is 478 g/mol. The fourth-order valence-corrected chi connectivity index (χ4v) is 3.22. The molecule has 0 atom stereocenters. The number of hydrogen-bond donors (Lipinski definition) is 0. The van der Waals surface area contributed by atoms with Crippen LogP contribution in [0.4, 0.5) is 0 Å². The molecular formula is C26H22Fe2O2. The molecule has 0 spiro atoms. The van der Waals surface area contributed by atoms with Gasteiger partial charge in [0, 0.05) is 82.1 Å². The van der Waals surface area contributed by atoms with Crippen molar-refractivity contribution in [2.24, 2.45) is 0 Å². The van der Waals surface area contributed by atoms with Crippen LogP contribution in [0.1, 0.15) is 22.6 Å². The van der Waals surface area contributed by atoms with E-state index in [4.69, 9.17) is 9.15 Å². The molecule has 0 aromatic carbocycles. The zero-order chi connectivity index (χ0) is 19.0. The number of fused-ring (bicyclic) bond motifs is 1. The molecule has 1 aromatic rings. The summed E-state index contributed by atoms with van der Waals surface area (Å²) in [5, 5.41) is 0. The summed E-state index contributed by atoms with van der Waals surface area (Å²) in [5.74, 6) is 1.92. The van der Waals surface area contributed by atoms with Gasteiger partial charge in [0.2, 0.25) is 0 Å². The quantitative estimate of drug-likeness (QED) is 0.469. The summed E-state index contributed by atoms with van der Waals surface area (Å²) in [7, 11) is 0. The van der Waals surface area contributed by atoms with Crippen molar-refractivity contribution in [3.05, 3.63) is 133 Å². The largest absolute Gasteiger partial charge is 0.455 e. The van der Waals surface area contributed by atoms with Crippen LogP contribution in [0.2, 0.25) is 0 Å². The number of furan rings is 1. The normalized spacial score (nSPS) is 18.1. The van der Waals surface area contributed by atoms with Crippen molar-refractivity contribution in [2.45, 2.75) is 13.2 Å². The standard InChI is InChI=1S/C16H12O2.2C5H5.2Fe/c1-2-6-11(5-1)15-13-9-17-10-14(13)16(18-15)12-7-3-4-8-12;2*1-2-4-5-3-1;;/h1-8H,9-10H2;2*1-5H;;. The molecule has 0 amide bonds. The molecule has 0 N–H and O–H groups in total. The Morgan fingerprint density at radius 1 is 0.500 bits per heavy atom. The smallest absolute Gasteiger partial charge is 0.140 e. The molecule has 0 saturated carbocycles. The van der Waals surface area contributed by atoms with Crippen LogP contribution in [-0.2, 0) is 52.1 Å². The van der Waals surface area contributed by atoms with Gasteiger partial charge in [-0.05, 0) is 0 Å². The van der Waals surface area contributed by atoms with Gasteiger partial charge in [-0.3, -0.25) is 0 Å². The average Bonchev–Trinajstić information content (AvgIpc) is 3.54. The van der Waals surface area contributed by atoms with E-state index in [2.05, 4.69) is 24.3 Å². The van der Waals surface area contributed by atoms with E-state index < -0.39 is 0 Å². The molecule has 4 radical (unpaired) electrons. The van der Waals surface area contributed by atoms with Crippen molar-refractivity contribution in [2.75, 3.05) is 0 Å². The van der Waals surface area contributed by atoms with Crippen molar-refractivity contribution in [1.29, 1.82) is 0 Å². The molecule has 2 heterocycles. The van der Waals surface area contributed by atoms with Gasteiger partial charge < -0.3 is 9.15 Å². The van der Waals surface area contributed by atoms with Gasteiger partial charge in [0.05, 0.1) is 13.2 Å². The SMILES string of the molecule is [CH]1C=CC(c2oc(C3=C[CH]C=C3)c3c2COC3)=C1.[CH]1C=CC=C1.[CH]1C=CC=C1.[Fe].[Fe]. The zero-order valence-corrected chi connectivity index (χ0v) is 18.5. The minimum atomic E-state index is 0. The Kier molecular flexibility index (Phi) is 10.4. The van der Waals surface area contributed by atoms with Crippen LogP contribution in [0.3, 0.4) is 0 Å². The third-order valence-corrected chi connectivity index (χ3v) is 4.57. The molecule has 1 aliphatic heterocycles. The van der Waals surface area contributed by atoms with Crippen LogP contribution in [0.25, 0.3) is 11.1 Å². The Morgan fingerprint density at radius 2 is 0.933 bits per heavy atom. The van der Waals surface area contributed by atoms with Gasteiger partial charge in [-0.2, -0.15) is 0 Å². The Balaban J connectivity index is 0.000000222.